The molecule has 2 aromatic carbocycles. The molecule has 0 radical (unpaired) electrons. The van der Waals surface area contributed by atoms with Crippen molar-refractivity contribution in [3.8, 4) is 22.9 Å². The summed E-state index contributed by atoms with van der Waals surface area (Å²) < 4.78 is 5.12. The van der Waals surface area contributed by atoms with Gasteiger partial charge >= 0.3 is 5.97 Å². The first-order valence-corrected chi connectivity index (χ1v) is 9.91. The minimum atomic E-state index is -0.889. The van der Waals surface area contributed by atoms with Gasteiger partial charge in [-0.2, -0.15) is 5.26 Å². The highest BCUT2D eigenvalue weighted by Gasteiger charge is 2.22. The monoisotopic (exact) mass is 433 g/mol. The van der Waals surface area contributed by atoms with Gasteiger partial charge in [-0.1, -0.05) is 18.2 Å². The summed E-state index contributed by atoms with van der Waals surface area (Å²) in [6.45, 7) is 6.41. The van der Waals surface area contributed by atoms with Crippen molar-refractivity contribution in [3.05, 3.63) is 63.4 Å². The molecule has 0 saturated heterocycles. The van der Waals surface area contributed by atoms with Crippen molar-refractivity contribution in [2.75, 3.05) is 6.54 Å². The Kier molecular flexibility index (Phi) is 6.03. The van der Waals surface area contributed by atoms with Gasteiger partial charge in [0.1, 0.15) is 23.5 Å². The molecule has 1 amide bonds. The summed E-state index contributed by atoms with van der Waals surface area (Å²) in [5.41, 5.74) is 1.10. The van der Waals surface area contributed by atoms with Crippen LogP contribution in [0.15, 0.2) is 41.2 Å². The fraction of sp³-hybridized carbons (Fsp3) is 0.250. The van der Waals surface area contributed by atoms with E-state index in [0.717, 1.165) is 11.1 Å². The summed E-state index contributed by atoms with van der Waals surface area (Å²) >= 11 is 0. The van der Waals surface area contributed by atoms with E-state index in [1.165, 1.54) is 0 Å². The normalized spacial score (nSPS) is 11.1. The molecule has 0 aliphatic carbocycles. The van der Waals surface area contributed by atoms with E-state index in [1.807, 2.05) is 6.07 Å². The number of pyridine rings is 1. The lowest BCUT2D eigenvalue weighted by Gasteiger charge is -2.19. The molecule has 0 saturated carbocycles. The minimum Gasteiger partial charge on any atom is -0.506 e. The van der Waals surface area contributed by atoms with Crippen LogP contribution in [0, 0.1) is 18.3 Å². The van der Waals surface area contributed by atoms with Crippen LogP contribution in [0.1, 0.15) is 42.3 Å². The molecule has 8 nitrogen and oxygen atoms in total. The highest BCUT2D eigenvalue weighted by atomic mass is 16.6. The van der Waals surface area contributed by atoms with Crippen molar-refractivity contribution < 1.29 is 19.4 Å². The Morgan fingerprint density at radius 2 is 1.94 bits per heavy atom. The molecule has 3 aromatic rings. The number of aromatic hydroxyl groups is 1. The van der Waals surface area contributed by atoms with Crippen molar-refractivity contribution in [3.63, 3.8) is 0 Å². The molecule has 0 aliphatic rings. The predicted octanol–water partition coefficient (Wildman–Crippen LogP) is 3.15. The van der Waals surface area contributed by atoms with Gasteiger partial charge < -0.3 is 20.1 Å². The summed E-state index contributed by atoms with van der Waals surface area (Å²) in [7, 11) is 0. The van der Waals surface area contributed by atoms with E-state index >= 15 is 0 Å². The Hall–Kier alpha value is -4.12. The molecular formula is C24H23N3O5. The van der Waals surface area contributed by atoms with Gasteiger partial charge in [0, 0.05) is 5.39 Å². The first kappa shape index (κ1) is 22.6. The number of carbonyl (C=O) groups excluding carboxylic acids is 2. The van der Waals surface area contributed by atoms with Crippen molar-refractivity contribution in [1.29, 1.82) is 5.26 Å². The third kappa shape index (κ3) is 4.62. The molecule has 3 rings (SSSR count). The summed E-state index contributed by atoms with van der Waals surface area (Å²) in [6, 6.07) is 12.4. The molecule has 1 aromatic heterocycles. The number of nitriles is 1. The number of hydrogen-bond acceptors (Lipinski definition) is 6. The first-order chi connectivity index (χ1) is 15.0. The van der Waals surface area contributed by atoms with Crippen LogP contribution in [0.2, 0.25) is 0 Å². The van der Waals surface area contributed by atoms with Crippen LogP contribution < -0.4 is 10.9 Å². The molecule has 32 heavy (non-hydrogen) atoms. The van der Waals surface area contributed by atoms with Gasteiger partial charge in [-0.05, 0) is 62.6 Å². The summed E-state index contributed by atoms with van der Waals surface area (Å²) in [6.07, 6.45) is 0. The van der Waals surface area contributed by atoms with Gasteiger partial charge in [0.05, 0.1) is 17.1 Å². The van der Waals surface area contributed by atoms with E-state index in [9.17, 15) is 19.5 Å². The Balaban J connectivity index is 1.98. The number of aromatic amines is 1. The van der Waals surface area contributed by atoms with Crippen LogP contribution in [0.25, 0.3) is 22.0 Å². The Morgan fingerprint density at radius 1 is 1.22 bits per heavy atom. The number of ether oxygens (including phenoxy) is 1. The number of hydrogen-bond donors (Lipinski definition) is 3. The topological polar surface area (TPSA) is 132 Å². The average molecular weight is 433 g/mol. The third-order valence-electron chi connectivity index (χ3n) is 4.77. The summed E-state index contributed by atoms with van der Waals surface area (Å²) in [4.78, 5) is 39.6. The molecular weight excluding hydrogens is 410 g/mol. The number of fused-ring (bicyclic) bond motifs is 1. The largest absolute Gasteiger partial charge is 0.506 e. The zero-order chi connectivity index (χ0) is 23.6. The fourth-order valence-electron chi connectivity index (χ4n) is 3.39. The second-order valence-corrected chi connectivity index (χ2v) is 8.30. The zero-order valence-corrected chi connectivity index (χ0v) is 18.2. The van der Waals surface area contributed by atoms with Gasteiger partial charge in [0.15, 0.2) is 0 Å². The second kappa shape index (κ2) is 8.55. The van der Waals surface area contributed by atoms with Crippen molar-refractivity contribution >= 4 is 22.8 Å². The summed E-state index contributed by atoms with van der Waals surface area (Å²) in [5, 5.41) is 22.4. The van der Waals surface area contributed by atoms with Crippen LogP contribution in [0.4, 0.5) is 0 Å². The standard InChI is InChI=1S/C24H23N3O5/c1-13-16(15-7-5-6-14(10-15)11-25)8-9-17-20(13)27-23(31)19(21(17)29)22(30)26-12-18(28)32-24(2,3)4/h5-10H,12H2,1-4H3,(H,26,30)(H2,27,29,31). The van der Waals surface area contributed by atoms with E-state index in [0.29, 0.717) is 16.6 Å². The van der Waals surface area contributed by atoms with Crippen LogP contribution in [0.3, 0.4) is 0 Å². The number of nitrogens with one attached hydrogen (secondary N) is 2. The maximum absolute atomic E-state index is 12.6. The molecule has 8 heteroatoms. The highest BCUT2D eigenvalue weighted by molar-refractivity contribution is 6.04. The lowest BCUT2D eigenvalue weighted by Crippen LogP contribution is -2.36. The summed E-state index contributed by atoms with van der Waals surface area (Å²) in [5.74, 6) is -2.03. The number of H-pyrrole nitrogens is 1. The predicted molar refractivity (Wildman–Crippen MR) is 119 cm³/mol. The lowest BCUT2D eigenvalue weighted by atomic mass is 9.96. The van der Waals surface area contributed by atoms with Gasteiger partial charge in [-0.25, -0.2) is 0 Å². The number of rotatable bonds is 4. The Morgan fingerprint density at radius 3 is 2.59 bits per heavy atom. The molecule has 1 heterocycles. The van der Waals surface area contributed by atoms with E-state index in [1.54, 1.807) is 58.0 Å². The molecule has 0 bridgehead atoms. The van der Waals surface area contributed by atoms with Gasteiger partial charge in [-0.15, -0.1) is 0 Å². The second-order valence-electron chi connectivity index (χ2n) is 8.30. The number of aromatic nitrogens is 1. The van der Waals surface area contributed by atoms with Crippen molar-refractivity contribution in [1.82, 2.24) is 10.3 Å². The smallest absolute Gasteiger partial charge is 0.325 e. The molecule has 0 aliphatic heterocycles. The Bertz CT molecular complexity index is 1330. The number of aryl methyl sites for hydroxylation is 1. The molecule has 0 unspecified atom stereocenters. The number of nitrogens with zero attached hydrogens (tertiary/aromatic N) is 1. The lowest BCUT2D eigenvalue weighted by molar-refractivity contribution is -0.153. The average Bonchev–Trinajstić information content (AvgIpc) is 2.72. The van der Waals surface area contributed by atoms with Crippen LogP contribution >= 0.6 is 0 Å². The molecule has 0 spiro atoms. The van der Waals surface area contributed by atoms with Gasteiger partial charge in [-0.3, -0.25) is 14.4 Å². The molecule has 0 fully saturated rings. The maximum atomic E-state index is 12.6. The Labute approximate surface area is 184 Å². The number of esters is 1. The van der Waals surface area contributed by atoms with Crippen molar-refractivity contribution in [2.45, 2.75) is 33.3 Å². The SMILES string of the molecule is Cc1c(-c2cccc(C#N)c2)ccc2c(O)c(C(=O)NCC(=O)OC(C)(C)C)c(=O)[nH]c12. The first-order valence-electron chi connectivity index (χ1n) is 9.91. The minimum absolute atomic E-state index is 0.282. The number of carbonyl (C=O) groups is 2. The highest BCUT2D eigenvalue weighted by Crippen LogP contribution is 2.33. The van der Waals surface area contributed by atoms with E-state index in [2.05, 4.69) is 16.4 Å². The van der Waals surface area contributed by atoms with E-state index in [4.69, 9.17) is 10.00 Å². The molecule has 3 N–H and O–H groups in total. The van der Waals surface area contributed by atoms with Crippen molar-refractivity contribution in [2.24, 2.45) is 0 Å². The molecule has 0 atom stereocenters. The quantitative estimate of drug-likeness (QED) is 0.542. The van der Waals surface area contributed by atoms with Gasteiger partial charge in [0.25, 0.3) is 11.5 Å². The van der Waals surface area contributed by atoms with Gasteiger partial charge in [0.2, 0.25) is 0 Å². The number of amides is 1. The fourth-order valence-corrected chi connectivity index (χ4v) is 3.39. The zero-order valence-electron chi connectivity index (χ0n) is 18.2. The third-order valence-corrected chi connectivity index (χ3v) is 4.77. The van der Waals surface area contributed by atoms with Crippen LogP contribution in [-0.2, 0) is 9.53 Å². The molecule has 164 valence electrons. The van der Waals surface area contributed by atoms with E-state index in [-0.39, 0.29) is 5.39 Å². The number of benzene rings is 2. The van der Waals surface area contributed by atoms with Crippen LogP contribution in [0.5, 0.6) is 5.75 Å². The van der Waals surface area contributed by atoms with Crippen LogP contribution in [-0.4, -0.2) is 34.1 Å². The van der Waals surface area contributed by atoms with E-state index < -0.39 is 40.9 Å². The maximum Gasteiger partial charge on any atom is 0.325 e.